The van der Waals surface area contributed by atoms with Gasteiger partial charge in [0, 0.05) is 17.5 Å². The van der Waals surface area contributed by atoms with Gasteiger partial charge >= 0.3 is 0 Å². The fraction of sp³-hybridized carbons (Fsp3) is 0.167. The third-order valence-electron chi connectivity index (χ3n) is 2.37. The second-order valence-electron chi connectivity index (χ2n) is 3.87. The van der Waals surface area contributed by atoms with Crippen molar-refractivity contribution < 1.29 is 14.7 Å². The summed E-state index contributed by atoms with van der Waals surface area (Å²) in [4.78, 5) is 22.3. The number of amides is 2. The van der Waals surface area contributed by atoms with Gasteiger partial charge in [0.25, 0.3) is 0 Å². The molecule has 2 amide bonds. The predicted molar refractivity (Wildman–Crippen MR) is 72.5 cm³/mol. The number of hydrogen-bond donors (Lipinski definition) is 5. The van der Waals surface area contributed by atoms with E-state index >= 15 is 0 Å². The number of benzene rings is 1. The molecule has 1 unspecified atom stereocenters. The topological polar surface area (TPSA) is 144 Å². The Morgan fingerprint density at radius 3 is 2.63 bits per heavy atom. The fourth-order valence-corrected chi connectivity index (χ4v) is 1.33. The summed E-state index contributed by atoms with van der Waals surface area (Å²) in [5.41, 5.74) is 17.8. The van der Waals surface area contributed by atoms with Crippen LogP contribution in [0, 0.1) is 0 Å². The van der Waals surface area contributed by atoms with Gasteiger partial charge in [-0.2, -0.15) is 0 Å². The summed E-state index contributed by atoms with van der Waals surface area (Å²) in [5, 5.41) is 11.1. The molecule has 0 aliphatic heterocycles. The van der Waals surface area contributed by atoms with E-state index in [1.54, 1.807) is 18.2 Å². The van der Waals surface area contributed by atoms with Crippen LogP contribution in [-0.2, 0) is 9.59 Å². The highest BCUT2D eigenvalue weighted by Crippen LogP contribution is 2.16. The van der Waals surface area contributed by atoms with Gasteiger partial charge < -0.3 is 27.6 Å². The van der Waals surface area contributed by atoms with Crippen LogP contribution in [-0.4, -0.2) is 29.6 Å². The van der Waals surface area contributed by atoms with E-state index < -0.39 is 24.5 Å². The molecular formula is C12H16N4O3. The van der Waals surface area contributed by atoms with Crippen LogP contribution in [0.15, 0.2) is 24.3 Å². The molecule has 0 bridgehead atoms. The van der Waals surface area contributed by atoms with Crippen molar-refractivity contribution in [3.63, 3.8) is 0 Å². The number of nitrogen functional groups attached to an aromatic ring is 2. The Labute approximate surface area is 110 Å². The van der Waals surface area contributed by atoms with Gasteiger partial charge in [0.1, 0.15) is 6.04 Å². The molecule has 1 aromatic carbocycles. The molecule has 0 heterocycles. The zero-order valence-corrected chi connectivity index (χ0v) is 10.2. The van der Waals surface area contributed by atoms with E-state index in [1.807, 2.05) is 0 Å². The Morgan fingerprint density at radius 1 is 1.37 bits per heavy atom. The highest BCUT2D eigenvalue weighted by Gasteiger charge is 2.14. The lowest BCUT2D eigenvalue weighted by Crippen LogP contribution is -2.46. The normalized spacial score (nSPS) is 12.3. The van der Waals surface area contributed by atoms with Crippen LogP contribution in [0.5, 0.6) is 0 Å². The molecule has 0 radical (unpaired) electrons. The van der Waals surface area contributed by atoms with E-state index in [0.29, 0.717) is 16.9 Å². The van der Waals surface area contributed by atoms with Crippen molar-refractivity contribution in [1.82, 2.24) is 5.32 Å². The molecule has 1 atom stereocenters. The van der Waals surface area contributed by atoms with Crippen molar-refractivity contribution >= 4 is 29.3 Å². The molecule has 0 aliphatic rings. The lowest BCUT2D eigenvalue weighted by molar-refractivity contribution is -0.125. The number of carbonyl (C=O) groups is 2. The number of carbonyl (C=O) groups excluding carboxylic acids is 2. The number of nitrogens with two attached hydrogens (primary N) is 3. The number of hydrogen-bond acceptors (Lipinski definition) is 5. The molecule has 1 aromatic rings. The van der Waals surface area contributed by atoms with Gasteiger partial charge in [-0.3, -0.25) is 9.59 Å². The molecule has 19 heavy (non-hydrogen) atoms. The van der Waals surface area contributed by atoms with Gasteiger partial charge in [-0.1, -0.05) is 0 Å². The van der Waals surface area contributed by atoms with Crippen molar-refractivity contribution in [3.05, 3.63) is 29.8 Å². The highest BCUT2D eigenvalue weighted by atomic mass is 16.3. The minimum absolute atomic E-state index is 0.465. The van der Waals surface area contributed by atoms with Crippen LogP contribution in [0.1, 0.15) is 5.56 Å². The SMILES string of the molecule is NC(=O)C(CO)NC(=O)C=Cc1cc(N)ccc1N. The fourth-order valence-electron chi connectivity index (χ4n) is 1.33. The Hall–Kier alpha value is -2.54. The van der Waals surface area contributed by atoms with Crippen molar-refractivity contribution in [2.24, 2.45) is 5.73 Å². The Balaban J connectivity index is 2.73. The second kappa shape index (κ2) is 6.41. The molecule has 0 fully saturated rings. The molecular weight excluding hydrogens is 248 g/mol. The molecule has 0 aliphatic carbocycles. The molecule has 0 saturated heterocycles. The van der Waals surface area contributed by atoms with Crippen molar-refractivity contribution in [3.8, 4) is 0 Å². The lowest BCUT2D eigenvalue weighted by atomic mass is 10.1. The summed E-state index contributed by atoms with van der Waals surface area (Å²) >= 11 is 0. The van der Waals surface area contributed by atoms with E-state index in [9.17, 15) is 9.59 Å². The van der Waals surface area contributed by atoms with Gasteiger partial charge in [0.05, 0.1) is 6.61 Å². The zero-order valence-electron chi connectivity index (χ0n) is 10.2. The van der Waals surface area contributed by atoms with Crippen molar-refractivity contribution in [1.29, 1.82) is 0 Å². The summed E-state index contributed by atoms with van der Waals surface area (Å²) in [5.74, 6) is -1.38. The number of anilines is 2. The maximum Gasteiger partial charge on any atom is 0.244 e. The van der Waals surface area contributed by atoms with Gasteiger partial charge in [-0.15, -0.1) is 0 Å². The third-order valence-corrected chi connectivity index (χ3v) is 2.37. The van der Waals surface area contributed by atoms with Gasteiger partial charge in [-0.25, -0.2) is 0 Å². The van der Waals surface area contributed by atoms with E-state index in [4.69, 9.17) is 22.3 Å². The first-order chi connectivity index (χ1) is 8.93. The number of aliphatic hydroxyl groups is 1. The summed E-state index contributed by atoms with van der Waals surface area (Å²) in [6, 6.07) is 3.75. The molecule has 7 nitrogen and oxygen atoms in total. The summed E-state index contributed by atoms with van der Waals surface area (Å²) in [6.07, 6.45) is 2.63. The van der Waals surface area contributed by atoms with E-state index in [-0.39, 0.29) is 0 Å². The van der Waals surface area contributed by atoms with Gasteiger partial charge in [-0.05, 0) is 29.8 Å². The number of nitrogens with one attached hydrogen (secondary N) is 1. The number of rotatable bonds is 5. The monoisotopic (exact) mass is 264 g/mol. The Kier molecular flexibility index (Phi) is 4.90. The Bertz CT molecular complexity index is 514. The number of primary amides is 1. The lowest BCUT2D eigenvalue weighted by Gasteiger charge is -2.10. The van der Waals surface area contributed by atoms with E-state index in [2.05, 4.69) is 5.32 Å². The second-order valence-corrected chi connectivity index (χ2v) is 3.87. The zero-order chi connectivity index (χ0) is 14.4. The summed E-state index contributed by atoms with van der Waals surface area (Å²) < 4.78 is 0. The smallest absolute Gasteiger partial charge is 0.244 e. The predicted octanol–water partition coefficient (Wildman–Crippen LogP) is -1.17. The van der Waals surface area contributed by atoms with Crippen LogP contribution >= 0.6 is 0 Å². The molecule has 102 valence electrons. The molecule has 0 aromatic heterocycles. The van der Waals surface area contributed by atoms with Crippen LogP contribution < -0.4 is 22.5 Å². The van der Waals surface area contributed by atoms with E-state index in [1.165, 1.54) is 12.2 Å². The van der Waals surface area contributed by atoms with Gasteiger partial charge in [0.15, 0.2) is 0 Å². The maximum atomic E-state index is 11.5. The van der Waals surface area contributed by atoms with Crippen molar-refractivity contribution in [2.75, 3.05) is 18.1 Å². The van der Waals surface area contributed by atoms with Crippen LogP contribution in [0.4, 0.5) is 11.4 Å². The average molecular weight is 264 g/mol. The summed E-state index contributed by atoms with van der Waals surface area (Å²) in [6.45, 7) is -0.560. The van der Waals surface area contributed by atoms with Crippen LogP contribution in [0.3, 0.4) is 0 Å². The molecule has 8 N–H and O–H groups in total. The average Bonchev–Trinajstić information content (AvgIpc) is 2.36. The van der Waals surface area contributed by atoms with Crippen LogP contribution in [0.25, 0.3) is 6.08 Å². The highest BCUT2D eigenvalue weighted by molar-refractivity contribution is 5.95. The largest absolute Gasteiger partial charge is 0.399 e. The minimum atomic E-state index is -1.12. The molecule has 0 saturated carbocycles. The maximum absolute atomic E-state index is 11.5. The first-order valence-electron chi connectivity index (χ1n) is 5.47. The van der Waals surface area contributed by atoms with E-state index in [0.717, 1.165) is 0 Å². The molecule has 7 heteroatoms. The van der Waals surface area contributed by atoms with Crippen LogP contribution in [0.2, 0.25) is 0 Å². The first kappa shape index (κ1) is 14.5. The summed E-state index contributed by atoms with van der Waals surface area (Å²) in [7, 11) is 0. The molecule has 0 spiro atoms. The number of aliphatic hydroxyl groups excluding tert-OH is 1. The first-order valence-corrected chi connectivity index (χ1v) is 5.47. The van der Waals surface area contributed by atoms with Crippen molar-refractivity contribution in [2.45, 2.75) is 6.04 Å². The quantitative estimate of drug-likeness (QED) is 0.336. The Morgan fingerprint density at radius 2 is 2.05 bits per heavy atom. The third kappa shape index (κ3) is 4.32. The standard InChI is InChI=1S/C12H16N4O3/c13-8-2-3-9(14)7(5-8)1-4-11(18)16-10(6-17)12(15)19/h1-5,10,17H,6,13-14H2,(H2,15,19)(H,16,18). The molecule has 1 rings (SSSR count). The van der Waals surface area contributed by atoms with Gasteiger partial charge in [0.2, 0.25) is 11.8 Å². The minimum Gasteiger partial charge on any atom is -0.399 e.